The van der Waals surface area contributed by atoms with E-state index in [1.165, 1.54) is 35.9 Å². The summed E-state index contributed by atoms with van der Waals surface area (Å²) in [6.45, 7) is 2.28. The number of nitrogens with zero attached hydrogens (tertiary/aromatic N) is 1. The maximum absolute atomic E-state index is 13.7. The van der Waals surface area contributed by atoms with E-state index in [-0.39, 0.29) is 11.3 Å². The highest BCUT2D eigenvalue weighted by atomic mass is 32.1. The van der Waals surface area contributed by atoms with E-state index < -0.39 is 11.7 Å². The van der Waals surface area contributed by atoms with Crippen LogP contribution in [-0.4, -0.2) is 22.6 Å². The van der Waals surface area contributed by atoms with Crippen LogP contribution in [0.4, 0.5) is 10.1 Å². The topological polar surface area (TPSA) is 76.1 Å². The molecule has 1 amide bonds. The smallest absolute Gasteiger partial charge is 0.262 e. The van der Waals surface area contributed by atoms with Crippen LogP contribution in [-0.2, 0) is 6.54 Å². The third-order valence-corrected chi connectivity index (χ3v) is 4.29. The van der Waals surface area contributed by atoms with Gasteiger partial charge in [0.1, 0.15) is 0 Å². The first kappa shape index (κ1) is 17.8. The second kappa shape index (κ2) is 7.09. The lowest BCUT2D eigenvalue weighted by Crippen LogP contribution is -2.21. The molecular weight excluding hydrogens is 357 g/mol. The van der Waals surface area contributed by atoms with E-state index in [1.54, 1.807) is 12.1 Å². The fourth-order valence-corrected chi connectivity index (χ4v) is 2.95. The van der Waals surface area contributed by atoms with Crippen molar-refractivity contribution in [1.82, 2.24) is 9.55 Å². The van der Waals surface area contributed by atoms with Gasteiger partial charge in [0.2, 0.25) is 0 Å². The predicted molar refractivity (Wildman–Crippen MR) is 100.0 cm³/mol. The van der Waals surface area contributed by atoms with Gasteiger partial charge in [-0.1, -0.05) is 0 Å². The molecule has 2 aromatic carbocycles. The first-order valence-corrected chi connectivity index (χ1v) is 8.27. The highest BCUT2D eigenvalue weighted by Gasteiger charge is 2.11. The van der Waals surface area contributed by atoms with E-state index in [0.717, 1.165) is 0 Å². The van der Waals surface area contributed by atoms with Crippen LogP contribution >= 0.6 is 12.2 Å². The number of ether oxygens (including phenoxy) is 1. The third kappa shape index (κ3) is 3.23. The normalized spacial score (nSPS) is 10.7. The summed E-state index contributed by atoms with van der Waals surface area (Å²) in [6.07, 6.45) is 0. The van der Waals surface area contributed by atoms with Crippen molar-refractivity contribution in [2.45, 2.75) is 13.5 Å². The summed E-state index contributed by atoms with van der Waals surface area (Å²) < 4.78 is 20.3. The summed E-state index contributed by atoms with van der Waals surface area (Å²) >= 11 is 5.17. The molecule has 26 heavy (non-hydrogen) atoms. The Bertz CT molecular complexity index is 1120. The zero-order valence-corrected chi connectivity index (χ0v) is 14.9. The Balaban J connectivity index is 1.95. The number of hydrogen-bond donors (Lipinski definition) is 2. The lowest BCUT2D eigenvalue weighted by atomic mass is 10.1. The first-order chi connectivity index (χ1) is 12.4. The molecule has 0 aliphatic heterocycles. The SMILES string of the molecule is CCn1c(=S)[nH]c2cc(C(=O)Nc3ccc(OC)c(F)c3)ccc2c1=O. The van der Waals surface area contributed by atoms with Crippen molar-refractivity contribution in [3.05, 3.63) is 62.9 Å². The molecule has 2 N–H and O–H groups in total. The Morgan fingerprint density at radius 3 is 2.73 bits per heavy atom. The van der Waals surface area contributed by atoms with Crippen molar-refractivity contribution in [1.29, 1.82) is 0 Å². The van der Waals surface area contributed by atoms with Crippen molar-refractivity contribution in [2.24, 2.45) is 0 Å². The standard InChI is InChI=1S/C18H16FN3O3S/c1-3-22-17(24)12-6-4-10(8-14(12)21-18(22)26)16(23)20-11-5-7-15(25-2)13(19)9-11/h4-9H,3H2,1-2H3,(H,20,23)(H,21,26). The van der Waals surface area contributed by atoms with Crippen LogP contribution in [0.5, 0.6) is 5.75 Å². The van der Waals surface area contributed by atoms with E-state index in [0.29, 0.717) is 33.5 Å². The summed E-state index contributed by atoms with van der Waals surface area (Å²) in [5.74, 6) is -0.919. The van der Waals surface area contributed by atoms with Gasteiger partial charge in [-0.2, -0.15) is 0 Å². The molecule has 0 aliphatic rings. The summed E-state index contributed by atoms with van der Waals surface area (Å²) in [7, 11) is 1.36. The number of carbonyl (C=O) groups is 1. The van der Waals surface area contributed by atoms with Gasteiger partial charge in [-0.3, -0.25) is 14.2 Å². The highest BCUT2D eigenvalue weighted by Crippen LogP contribution is 2.21. The van der Waals surface area contributed by atoms with Gasteiger partial charge in [0.25, 0.3) is 11.5 Å². The molecule has 0 fully saturated rings. The molecule has 3 aromatic rings. The summed E-state index contributed by atoms with van der Waals surface area (Å²) in [5.41, 5.74) is 0.865. The van der Waals surface area contributed by atoms with E-state index in [1.807, 2.05) is 6.92 Å². The lowest BCUT2D eigenvalue weighted by molar-refractivity contribution is 0.102. The molecule has 0 radical (unpaired) electrons. The van der Waals surface area contributed by atoms with Crippen LogP contribution in [0.25, 0.3) is 10.9 Å². The number of H-pyrrole nitrogens is 1. The lowest BCUT2D eigenvalue weighted by Gasteiger charge is -2.09. The summed E-state index contributed by atoms with van der Waals surface area (Å²) in [4.78, 5) is 27.8. The summed E-state index contributed by atoms with van der Waals surface area (Å²) in [5, 5.41) is 3.05. The number of nitrogens with one attached hydrogen (secondary N) is 2. The minimum absolute atomic E-state index is 0.0912. The first-order valence-electron chi connectivity index (χ1n) is 7.86. The van der Waals surface area contributed by atoms with Crippen LogP contribution in [0.1, 0.15) is 17.3 Å². The molecule has 6 nitrogen and oxygen atoms in total. The largest absolute Gasteiger partial charge is 0.494 e. The van der Waals surface area contributed by atoms with E-state index in [4.69, 9.17) is 17.0 Å². The van der Waals surface area contributed by atoms with Crippen molar-refractivity contribution >= 4 is 34.7 Å². The van der Waals surface area contributed by atoms with Gasteiger partial charge in [-0.15, -0.1) is 0 Å². The van der Waals surface area contributed by atoms with Crippen LogP contribution < -0.4 is 15.6 Å². The minimum atomic E-state index is -0.576. The van der Waals surface area contributed by atoms with Gasteiger partial charge in [-0.25, -0.2) is 4.39 Å². The molecule has 8 heteroatoms. The molecule has 0 bridgehead atoms. The Kier molecular flexibility index (Phi) is 4.85. The van der Waals surface area contributed by atoms with E-state index >= 15 is 0 Å². The van der Waals surface area contributed by atoms with Crippen molar-refractivity contribution in [2.75, 3.05) is 12.4 Å². The Labute approximate surface area is 153 Å². The molecule has 0 saturated heterocycles. The predicted octanol–water partition coefficient (Wildman–Crippen LogP) is 3.48. The number of halogens is 1. The zero-order chi connectivity index (χ0) is 18.8. The second-order valence-electron chi connectivity index (χ2n) is 5.54. The second-order valence-corrected chi connectivity index (χ2v) is 5.93. The molecule has 0 spiro atoms. The maximum atomic E-state index is 13.7. The van der Waals surface area contributed by atoms with Crippen LogP contribution in [0.3, 0.4) is 0 Å². The number of amides is 1. The Morgan fingerprint density at radius 1 is 1.31 bits per heavy atom. The Morgan fingerprint density at radius 2 is 2.08 bits per heavy atom. The molecule has 1 aromatic heterocycles. The molecule has 0 saturated carbocycles. The number of aromatic nitrogens is 2. The number of carbonyl (C=O) groups excluding carboxylic acids is 1. The molecule has 134 valence electrons. The fraction of sp³-hybridized carbons (Fsp3) is 0.167. The zero-order valence-electron chi connectivity index (χ0n) is 14.1. The number of hydrogen-bond acceptors (Lipinski definition) is 4. The van der Waals surface area contributed by atoms with Crippen molar-refractivity contribution in [3.63, 3.8) is 0 Å². The van der Waals surface area contributed by atoms with Gasteiger partial charge in [-0.05, 0) is 49.5 Å². The molecule has 0 atom stereocenters. The third-order valence-electron chi connectivity index (χ3n) is 3.97. The number of methoxy groups -OCH3 is 1. The molecule has 3 rings (SSSR count). The average Bonchev–Trinajstić information content (AvgIpc) is 2.61. The number of benzene rings is 2. The van der Waals surface area contributed by atoms with E-state index in [9.17, 15) is 14.0 Å². The maximum Gasteiger partial charge on any atom is 0.262 e. The monoisotopic (exact) mass is 373 g/mol. The van der Waals surface area contributed by atoms with Crippen LogP contribution in [0.15, 0.2) is 41.2 Å². The van der Waals surface area contributed by atoms with Gasteiger partial charge in [0, 0.05) is 23.9 Å². The fourth-order valence-electron chi connectivity index (χ4n) is 2.63. The highest BCUT2D eigenvalue weighted by molar-refractivity contribution is 7.71. The van der Waals surface area contributed by atoms with Crippen LogP contribution in [0.2, 0.25) is 0 Å². The summed E-state index contributed by atoms with van der Waals surface area (Å²) in [6, 6.07) is 8.78. The molecular formula is C18H16FN3O3S. The number of anilines is 1. The molecule has 1 heterocycles. The number of rotatable bonds is 4. The van der Waals surface area contributed by atoms with Gasteiger partial charge in [0.05, 0.1) is 18.0 Å². The quantitative estimate of drug-likeness (QED) is 0.687. The van der Waals surface area contributed by atoms with Gasteiger partial charge < -0.3 is 15.0 Å². The van der Waals surface area contributed by atoms with Crippen LogP contribution in [0, 0.1) is 10.6 Å². The van der Waals surface area contributed by atoms with Gasteiger partial charge in [0.15, 0.2) is 16.3 Å². The van der Waals surface area contributed by atoms with Gasteiger partial charge >= 0.3 is 0 Å². The van der Waals surface area contributed by atoms with E-state index in [2.05, 4.69) is 10.3 Å². The number of fused-ring (bicyclic) bond motifs is 1. The molecule has 0 aliphatic carbocycles. The minimum Gasteiger partial charge on any atom is -0.494 e. The average molecular weight is 373 g/mol. The van der Waals surface area contributed by atoms with Crippen molar-refractivity contribution in [3.8, 4) is 5.75 Å². The Hall–Kier alpha value is -3.00. The number of aromatic amines is 1. The molecule has 0 unspecified atom stereocenters. The van der Waals surface area contributed by atoms with Crippen molar-refractivity contribution < 1.29 is 13.9 Å².